The first-order valence-electron chi connectivity index (χ1n) is 9.60. The molecule has 4 rings (SSSR count). The maximum Gasteiger partial charge on any atom is 0.251 e. The topological polar surface area (TPSA) is 63.1 Å². The minimum absolute atomic E-state index is 0.00141. The monoisotopic (exact) mass is 353 g/mol. The largest absolute Gasteiger partial charge is 0.352 e. The molecule has 6 nitrogen and oxygen atoms in total. The fourth-order valence-corrected chi connectivity index (χ4v) is 4.02. The van der Waals surface area contributed by atoms with Crippen LogP contribution in [0.15, 0.2) is 30.5 Å². The van der Waals surface area contributed by atoms with Gasteiger partial charge in [0.25, 0.3) is 5.91 Å². The zero-order valence-electron chi connectivity index (χ0n) is 15.6. The Morgan fingerprint density at radius 3 is 2.88 bits per heavy atom. The summed E-state index contributed by atoms with van der Waals surface area (Å²) in [6, 6.07) is 7.58. The minimum atomic E-state index is -0.00141. The van der Waals surface area contributed by atoms with E-state index in [0.29, 0.717) is 11.5 Å². The Bertz CT molecular complexity index is 776. The van der Waals surface area contributed by atoms with Crippen molar-refractivity contribution in [2.45, 2.75) is 32.7 Å². The number of fused-ring (bicyclic) bond motifs is 1. The quantitative estimate of drug-likeness (QED) is 0.831. The fraction of sp³-hybridized carbons (Fsp3) is 0.550. The number of hydrogen-bond donors (Lipinski definition) is 1. The van der Waals surface area contributed by atoms with Gasteiger partial charge in [-0.3, -0.25) is 4.79 Å². The smallest absolute Gasteiger partial charge is 0.251 e. The van der Waals surface area contributed by atoms with Crippen LogP contribution in [-0.2, 0) is 6.54 Å². The van der Waals surface area contributed by atoms with Gasteiger partial charge in [-0.05, 0) is 68.8 Å². The summed E-state index contributed by atoms with van der Waals surface area (Å²) < 4.78 is 1.74. The Morgan fingerprint density at radius 1 is 1.31 bits per heavy atom. The van der Waals surface area contributed by atoms with Crippen LogP contribution in [0.1, 0.15) is 42.2 Å². The first-order chi connectivity index (χ1) is 12.6. The van der Waals surface area contributed by atoms with Gasteiger partial charge in [-0.1, -0.05) is 18.2 Å². The number of amides is 1. The van der Waals surface area contributed by atoms with Gasteiger partial charge < -0.3 is 10.2 Å². The van der Waals surface area contributed by atoms with E-state index in [1.165, 1.54) is 19.3 Å². The predicted molar refractivity (Wildman–Crippen MR) is 100 cm³/mol. The van der Waals surface area contributed by atoms with E-state index in [1.54, 1.807) is 4.68 Å². The van der Waals surface area contributed by atoms with Crippen LogP contribution < -0.4 is 5.32 Å². The number of rotatable bonds is 7. The lowest BCUT2D eigenvalue weighted by molar-refractivity contribution is 0.0946. The first-order valence-corrected chi connectivity index (χ1v) is 9.60. The molecule has 2 unspecified atom stereocenters. The summed E-state index contributed by atoms with van der Waals surface area (Å²) in [4.78, 5) is 14.7. The number of benzene rings is 1. The summed E-state index contributed by atoms with van der Waals surface area (Å²) in [5.41, 5.74) is 2.45. The van der Waals surface area contributed by atoms with E-state index in [-0.39, 0.29) is 5.91 Å². The summed E-state index contributed by atoms with van der Waals surface area (Å²) in [6.45, 7) is 4.64. The third-order valence-corrected chi connectivity index (χ3v) is 5.78. The summed E-state index contributed by atoms with van der Waals surface area (Å²) in [5.74, 6) is 2.57. The summed E-state index contributed by atoms with van der Waals surface area (Å²) in [6.07, 6.45) is 5.92. The predicted octanol–water partition coefficient (Wildman–Crippen LogP) is 2.49. The van der Waals surface area contributed by atoms with Gasteiger partial charge in [0, 0.05) is 18.7 Å². The van der Waals surface area contributed by atoms with Crippen molar-refractivity contribution in [3.63, 3.8) is 0 Å². The highest BCUT2D eigenvalue weighted by atomic mass is 16.1. The van der Waals surface area contributed by atoms with Crippen LogP contribution in [-0.4, -0.2) is 45.9 Å². The van der Waals surface area contributed by atoms with Crippen molar-refractivity contribution in [1.82, 2.24) is 25.2 Å². The Balaban J connectivity index is 1.38. The molecule has 138 valence electrons. The summed E-state index contributed by atoms with van der Waals surface area (Å²) >= 11 is 0. The molecule has 1 aromatic carbocycles. The van der Waals surface area contributed by atoms with E-state index in [9.17, 15) is 4.79 Å². The van der Waals surface area contributed by atoms with Gasteiger partial charge in [0.05, 0.1) is 17.6 Å². The van der Waals surface area contributed by atoms with Gasteiger partial charge in [0.1, 0.15) is 0 Å². The van der Waals surface area contributed by atoms with E-state index >= 15 is 0 Å². The molecule has 2 aliphatic carbocycles. The molecule has 26 heavy (non-hydrogen) atoms. The molecule has 2 aliphatic rings. The lowest BCUT2D eigenvalue weighted by Gasteiger charge is -2.13. The normalized spacial score (nSPS) is 23.9. The molecule has 6 heteroatoms. The molecule has 0 saturated heterocycles. The lowest BCUT2D eigenvalue weighted by Crippen LogP contribution is -2.28. The highest BCUT2D eigenvalue weighted by Gasteiger charge is 2.45. The molecule has 2 aromatic rings. The second-order valence-electron chi connectivity index (χ2n) is 7.84. The highest BCUT2D eigenvalue weighted by Crippen LogP contribution is 2.54. The summed E-state index contributed by atoms with van der Waals surface area (Å²) in [7, 11) is 2.05. The van der Waals surface area contributed by atoms with E-state index in [4.69, 9.17) is 0 Å². The van der Waals surface area contributed by atoms with Crippen LogP contribution in [0, 0.1) is 17.8 Å². The molecule has 2 saturated carbocycles. The molecule has 1 heterocycles. The standard InChI is InChI=1S/C20H27N5O/c1-3-24(2)12-18-13-25(23-22-18)19-6-4-5-15(10-19)20(26)21-11-14-7-16-9-17(16)8-14/h4-6,10,13-14,16-17H,3,7-9,11-12H2,1-2H3,(H,21,26). The van der Waals surface area contributed by atoms with Crippen LogP contribution in [0.3, 0.4) is 0 Å². The number of nitrogens with one attached hydrogen (secondary N) is 1. The van der Waals surface area contributed by atoms with E-state index < -0.39 is 0 Å². The van der Waals surface area contributed by atoms with Gasteiger partial charge in [0.15, 0.2) is 0 Å². The zero-order chi connectivity index (χ0) is 18.1. The van der Waals surface area contributed by atoms with Gasteiger partial charge in [-0.15, -0.1) is 5.10 Å². The average molecular weight is 353 g/mol. The van der Waals surface area contributed by atoms with E-state index in [2.05, 4.69) is 34.5 Å². The molecule has 0 bridgehead atoms. The van der Waals surface area contributed by atoms with Gasteiger partial charge in [0.2, 0.25) is 0 Å². The SMILES string of the molecule is CCN(C)Cc1cn(-c2cccc(C(=O)NCC3CC4CC4C3)c2)nn1. The molecule has 2 atom stereocenters. The number of nitrogens with zero attached hydrogens (tertiary/aromatic N) is 4. The number of carbonyl (C=O) groups excluding carboxylic acids is 1. The van der Waals surface area contributed by atoms with Gasteiger partial charge in [-0.2, -0.15) is 0 Å². The first kappa shape index (κ1) is 17.2. The Kier molecular flexibility index (Phi) is 4.76. The maximum atomic E-state index is 12.5. The van der Waals surface area contributed by atoms with E-state index in [1.807, 2.05) is 30.5 Å². The molecule has 0 radical (unpaired) electrons. The van der Waals surface area contributed by atoms with Crippen LogP contribution in [0.4, 0.5) is 0 Å². The molecule has 1 aromatic heterocycles. The van der Waals surface area contributed by atoms with Crippen LogP contribution in [0.5, 0.6) is 0 Å². The molecule has 1 N–H and O–H groups in total. The van der Waals surface area contributed by atoms with Crippen molar-refractivity contribution < 1.29 is 4.79 Å². The molecule has 1 amide bonds. The van der Waals surface area contributed by atoms with Gasteiger partial charge >= 0.3 is 0 Å². The molecular weight excluding hydrogens is 326 g/mol. The van der Waals surface area contributed by atoms with Crippen molar-refractivity contribution in [3.8, 4) is 5.69 Å². The third-order valence-electron chi connectivity index (χ3n) is 5.78. The van der Waals surface area contributed by atoms with Gasteiger partial charge in [-0.25, -0.2) is 4.68 Å². The van der Waals surface area contributed by atoms with Crippen molar-refractivity contribution in [1.29, 1.82) is 0 Å². The zero-order valence-corrected chi connectivity index (χ0v) is 15.6. The fourth-order valence-electron chi connectivity index (χ4n) is 4.02. The van der Waals surface area contributed by atoms with E-state index in [0.717, 1.165) is 42.9 Å². The Hall–Kier alpha value is -2.21. The minimum Gasteiger partial charge on any atom is -0.352 e. The van der Waals surface area contributed by atoms with Crippen LogP contribution >= 0.6 is 0 Å². The molecule has 0 spiro atoms. The number of hydrogen-bond acceptors (Lipinski definition) is 4. The number of aromatic nitrogens is 3. The Labute approximate surface area is 154 Å². The second-order valence-corrected chi connectivity index (χ2v) is 7.84. The third kappa shape index (κ3) is 3.80. The van der Waals surface area contributed by atoms with Crippen molar-refractivity contribution >= 4 is 5.91 Å². The molecule has 0 aliphatic heterocycles. The van der Waals surface area contributed by atoms with Crippen LogP contribution in [0.2, 0.25) is 0 Å². The molecular formula is C20H27N5O. The second kappa shape index (κ2) is 7.19. The average Bonchev–Trinajstić information content (AvgIpc) is 3.06. The van der Waals surface area contributed by atoms with Crippen molar-refractivity contribution in [3.05, 3.63) is 41.7 Å². The van der Waals surface area contributed by atoms with Crippen molar-refractivity contribution in [2.24, 2.45) is 17.8 Å². The van der Waals surface area contributed by atoms with Crippen LogP contribution in [0.25, 0.3) is 5.69 Å². The van der Waals surface area contributed by atoms with Crippen molar-refractivity contribution in [2.75, 3.05) is 20.1 Å². The Morgan fingerprint density at radius 2 is 2.12 bits per heavy atom. The molecule has 2 fully saturated rings. The summed E-state index contributed by atoms with van der Waals surface area (Å²) in [5, 5.41) is 11.5. The maximum absolute atomic E-state index is 12.5. The highest BCUT2D eigenvalue weighted by molar-refractivity contribution is 5.94. The lowest BCUT2D eigenvalue weighted by atomic mass is 10.0. The number of carbonyl (C=O) groups is 1.